The molecule has 2 aromatic rings. The number of pyridine rings is 1. The van der Waals surface area contributed by atoms with Crippen LogP contribution in [0.2, 0.25) is 5.02 Å². The van der Waals surface area contributed by atoms with Crippen LogP contribution in [0, 0.1) is 0 Å². The molecule has 0 aliphatic rings. The zero-order valence-electron chi connectivity index (χ0n) is 9.41. The number of hydrogen-bond donors (Lipinski definition) is 1. The lowest BCUT2D eigenvalue weighted by molar-refractivity contribution is -0.137. The maximum atomic E-state index is 12.4. The van der Waals surface area contributed by atoms with Gasteiger partial charge in [0.1, 0.15) is 5.03 Å². The molecular formula is C12H8ClF3N2S. The molecule has 0 atom stereocenters. The average Bonchev–Trinajstić information content (AvgIpc) is 2.32. The third-order valence-electron chi connectivity index (χ3n) is 2.23. The van der Waals surface area contributed by atoms with Gasteiger partial charge in [0.2, 0.25) is 0 Å². The summed E-state index contributed by atoms with van der Waals surface area (Å²) in [7, 11) is 0. The number of anilines is 1. The molecule has 0 aliphatic carbocycles. The van der Waals surface area contributed by atoms with Gasteiger partial charge in [0.15, 0.2) is 0 Å². The first-order chi connectivity index (χ1) is 8.86. The van der Waals surface area contributed by atoms with Gasteiger partial charge in [-0.2, -0.15) is 13.2 Å². The minimum atomic E-state index is -4.38. The molecule has 1 aromatic heterocycles. The minimum absolute atomic E-state index is 0.430. The molecule has 100 valence electrons. The van der Waals surface area contributed by atoms with E-state index in [9.17, 15) is 13.2 Å². The molecule has 19 heavy (non-hydrogen) atoms. The van der Waals surface area contributed by atoms with E-state index in [4.69, 9.17) is 17.3 Å². The summed E-state index contributed by atoms with van der Waals surface area (Å²) in [5, 5.41) is 0.867. The quantitative estimate of drug-likeness (QED) is 0.831. The minimum Gasteiger partial charge on any atom is -0.399 e. The van der Waals surface area contributed by atoms with Crippen molar-refractivity contribution in [3.8, 4) is 0 Å². The second-order valence-electron chi connectivity index (χ2n) is 3.67. The van der Waals surface area contributed by atoms with E-state index in [1.165, 1.54) is 17.8 Å². The molecule has 0 aliphatic heterocycles. The molecule has 0 saturated heterocycles. The summed E-state index contributed by atoms with van der Waals surface area (Å²) in [5.74, 6) is 0. The van der Waals surface area contributed by atoms with Crippen LogP contribution in [0.5, 0.6) is 0 Å². The lowest BCUT2D eigenvalue weighted by Gasteiger charge is -2.07. The number of nitrogens with zero attached hydrogens (tertiary/aromatic N) is 1. The lowest BCUT2D eigenvalue weighted by Crippen LogP contribution is -2.05. The third kappa shape index (κ3) is 3.54. The monoisotopic (exact) mass is 304 g/mol. The fraction of sp³-hybridized carbons (Fsp3) is 0.0833. The fourth-order valence-corrected chi connectivity index (χ4v) is 2.38. The zero-order valence-corrected chi connectivity index (χ0v) is 11.0. The standard InChI is InChI=1S/C12H8ClF3N2S/c13-9-5-8(17)2-3-10(9)19-11-4-1-7(6-18-11)12(14,15)16/h1-6H,17H2. The van der Waals surface area contributed by atoms with Crippen molar-refractivity contribution in [2.75, 3.05) is 5.73 Å². The molecule has 1 heterocycles. The van der Waals surface area contributed by atoms with Crippen molar-refractivity contribution >= 4 is 29.1 Å². The Bertz CT molecular complexity index is 585. The summed E-state index contributed by atoms with van der Waals surface area (Å²) in [6.45, 7) is 0. The maximum absolute atomic E-state index is 12.4. The molecule has 2 nitrogen and oxygen atoms in total. The molecule has 0 bridgehead atoms. The van der Waals surface area contributed by atoms with E-state index in [-0.39, 0.29) is 0 Å². The van der Waals surface area contributed by atoms with Crippen molar-refractivity contribution in [1.29, 1.82) is 0 Å². The van der Waals surface area contributed by atoms with Crippen molar-refractivity contribution < 1.29 is 13.2 Å². The summed E-state index contributed by atoms with van der Waals surface area (Å²) < 4.78 is 37.1. The Morgan fingerprint density at radius 1 is 1.16 bits per heavy atom. The number of benzene rings is 1. The summed E-state index contributed by atoms with van der Waals surface area (Å²) in [5.41, 5.74) is 5.30. The molecule has 0 unspecified atom stereocenters. The summed E-state index contributed by atoms with van der Waals surface area (Å²) in [6.07, 6.45) is -3.58. The van der Waals surface area contributed by atoms with Crippen LogP contribution >= 0.6 is 23.4 Å². The number of halogens is 4. The van der Waals surface area contributed by atoms with Crippen molar-refractivity contribution in [3.63, 3.8) is 0 Å². The van der Waals surface area contributed by atoms with Gasteiger partial charge in [-0.3, -0.25) is 0 Å². The number of rotatable bonds is 2. The second kappa shape index (κ2) is 5.30. The van der Waals surface area contributed by atoms with Crippen LogP contribution in [0.1, 0.15) is 5.56 Å². The van der Waals surface area contributed by atoms with Crippen molar-refractivity contribution in [1.82, 2.24) is 4.98 Å². The SMILES string of the molecule is Nc1ccc(Sc2ccc(C(F)(F)F)cn2)c(Cl)c1. The highest BCUT2D eigenvalue weighted by Crippen LogP contribution is 2.35. The highest BCUT2D eigenvalue weighted by molar-refractivity contribution is 7.99. The van der Waals surface area contributed by atoms with Crippen molar-refractivity contribution in [2.24, 2.45) is 0 Å². The largest absolute Gasteiger partial charge is 0.417 e. The molecule has 0 saturated carbocycles. The predicted molar refractivity (Wildman–Crippen MR) is 69.2 cm³/mol. The molecule has 2 rings (SSSR count). The lowest BCUT2D eigenvalue weighted by atomic mass is 10.3. The highest BCUT2D eigenvalue weighted by Gasteiger charge is 2.30. The Balaban J connectivity index is 2.20. The number of alkyl halides is 3. The molecular weight excluding hydrogens is 297 g/mol. The van der Waals surface area contributed by atoms with Crippen LogP contribution in [0.3, 0.4) is 0 Å². The third-order valence-corrected chi connectivity index (χ3v) is 3.69. The van der Waals surface area contributed by atoms with Gasteiger partial charge in [-0.05, 0) is 30.3 Å². The summed E-state index contributed by atoms with van der Waals surface area (Å²) in [6, 6.07) is 7.23. The molecule has 0 amide bonds. The Morgan fingerprint density at radius 3 is 2.42 bits per heavy atom. The number of nitrogen functional groups attached to an aromatic ring is 1. The highest BCUT2D eigenvalue weighted by atomic mass is 35.5. The molecule has 0 spiro atoms. The smallest absolute Gasteiger partial charge is 0.399 e. The van der Waals surface area contributed by atoms with E-state index in [0.717, 1.165) is 12.3 Å². The van der Waals surface area contributed by atoms with Crippen LogP contribution in [0.15, 0.2) is 46.5 Å². The molecule has 7 heteroatoms. The predicted octanol–water partition coefficient (Wildman–Crippen LogP) is 4.49. The number of nitrogens with two attached hydrogens (primary N) is 1. The number of aromatic nitrogens is 1. The topological polar surface area (TPSA) is 38.9 Å². The van der Waals surface area contributed by atoms with Gasteiger partial charge in [-0.25, -0.2) is 4.98 Å². The Hall–Kier alpha value is -1.40. The van der Waals surface area contributed by atoms with Gasteiger partial charge < -0.3 is 5.73 Å². The number of hydrogen-bond acceptors (Lipinski definition) is 3. The van der Waals surface area contributed by atoms with Crippen LogP contribution in [-0.4, -0.2) is 4.98 Å². The molecule has 0 radical (unpaired) electrons. The maximum Gasteiger partial charge on any atom is 0.417 e. The average molecular weight is 305 g/mol. The zero-order chi connectivity index (χ0) is 14.0. The van der Waals surface area contributed by atoms with Crippen LogP contribution < -0.4 is 5.73 Å². The van der Waals surface area contributed by atoms with E-state index in [2.05, 4.69) is 4.98 Å². The van der Waals surface area contributed by atoms with Gasteiger partial charge in [0.05, 0.1) is 10.6 Å². The first-order valence-electron chi connectivity index (χ1n) is 5.12. The van der Waals surface area contributed by atoms with Gasteiger partial charge in [-0.15, -0.1) is 0 Å². The van der Waals surface area contributed by atoms with Crippen molar-refractivity contribution in [3.05, 3.63) is 47.1 Å². The summed E-state index contributed by atoms with van der Waals surface area (Å²) in [4.78, 5) is 4.44. The molecule has 1 aromatic carbocycles. The van der Waals surface area contributed by atoms with Gasteiger partial charge in [0.25, 0.3) is 0 Å². The van der Waals surface area contributed by atoms with Gasteiger partial charge in [-0.1, -0.05) is 23.4 Å². The van der Waals surface area contributed by atoms with Gasteiger partial charge in [0, 0.05) is 16.8 Å². The van der Waals surface area contributed by atoms with E-state index in [1.807, 2.05) is 0 Å². The van der Waals surface area contributed by atoms with E-state index < -0.39 is 11.7 Å². The molecule has 2 N–H and O–H groups in total. The van der Waals surface area contributed by atoms with Crippen molar-refractivity contribution in [2.45, 2.75) is 16.1 Å². The van der Waals surface area contributed by atoms with E-state index in [1.54, 1.807) is 18.2 Å². The van der Waals surface area contributed by atoms with Crippen LogP contribution in [0.4, 0.5) is 18.9 Å². The summed E-state index contributed by atoms with van der Waals surface area (Å²) >= 11 is 7.15. The normalized spacial score (nSPS) is 11.6. The fourth-order valence-electron chi connectivity index (χ4n) is 1.32. The van der Waals surface area contributed by atoms with E-state index in [0.29, 0.717) is 20.6 Å². The first kappa shape index (κ1) is 14.0. The second-order valence-corrected chi connectivity index (χ2v) is 5.14. The molecule has 0 fully saturated rings. The Morgan fingerprint density at radius 2 is 1.89 bits per heavy atom. The Kier molecular flexibility index (Phi) is 3.91. The van der Waals surface area contributed by atoms with Crippen LogP contribution in [-0.2, 0) is 6.18 Å². The Labute approximate surface area is 116 Å². The first-order valence-corrected chi connectivity index (χ1v) is 6.32. The van der Waals surface area contributed by atoms with E-state index >= 15 is 0 Å². The van der Waals surface area contributed by atoms with Crippen LogP contribution in [0.25, 0.3) is 0 Å². The van der Waals surface area contributed by atoms with Gasteiger partial charge >= 0.3 is 6.18 Å².